The third-order valence-electron chi connectivity index (χ3n) is 2.29. The van der Waals surface area contributed by atoms with Crippen molar-refractivity contribution in [3.8, 4) is 6.07 Å². The van der Waals surface area contributed by atoms with E-state index in [0.29, 0.717) is 12.5 Å². The predicted octanol–water partition coefficient (Wildman–Crippen LogP) is 1.80. The van der Waals surface area contributed by atoms with Crippen molar-refractivity contribution in [1.29, 1.82) is 5.26 Å². The van der Waals surface area contributed by atoms with E-state index < -0.39 is 8.80 Å². The third kappa shape index (κ3) is 3.76. The Hall–Kier alpha value is -0.413. The molecule has 0 aliphatic carbocycles. The van der Waals surface area contributed by atoms with Gasteiger partial charge in [0.15, 0.2) is 0 Å². The van der Waals surface area contributed by atoms with Gasteiger partial charge >= 0.3 is 8.80 Å². The third-order valence-corrected chi connectivity index (χ3v) is 5.02. The van der Waals surface area contributed by atoms with Crippen LogP contribution in [0.5, 0.6) is 0 Å². The van der Waals surface area contributed by atoms with Gasteiger partial charge < -0.3 is 13.3 Å². The first-order chi connectivity index (χ1) is 6.45. The SMILES string of the molecule is CO[Si](CCC(C)(C)C#N)(OC)OC. The molecule has 0 spiro atoms. The van der Waals surface area contributed by atoms with Crippen LogP contribution in [0.3, 0.4) is 0 Å². The summed E-state index contributed by atoms with van der Waals surface area (Å²) in [6, 6.07) is 2.91. The molecule has 0 aliphatic rings. The first kappa shape index (κ1) is 13.6. The summed E-state index contributed by atoms with van der Waals surface area (Å²) in [5.41, 5.74) is -0.353. The second-order valence-corrected chi connectivity index (χ2v) is 6.88. The predicted molar refractivity (Wildman–Crippen MR) is 55.6 cm³/mol. The van der Waals surface area contributed by atoms with E-state index in [4.69, 9.17) is 18.5 Å². The van der Waals surface area contributed by atoms with Gasteiger partial charge in [0.25, 0.3) is 0 Å². The number of hydrogen-bond donors (Lipinski definition) is 0. The molecule has 0 bridgehead atoms. The molecule has 14 heavy (non-hydrogen) atoms. The molecule has 0 atom stereocenters. The lowest BCUT2D eigenvalue weighted by molar-refractivity contribution is 0.120. The van der Waals surface area contributed by atoms with Crippen molar-refractivity contribution >= 4 is 8.80 Å². The lowest BCUT2D eigenvalue weighted by Gasteiger charge is -2.26. The van der Waals surface area contributed by atoms with E-state index in [2.05, 4.69) is 6.07 Å². The van der Waals surface area contributed by atoms with E-state index in [-0.39, 0.29) is 5.41 Å². The van der Waals surface area contributed by atoms with Crippen LogP contribution in [0.2, 0.25) is 6.04 Å². The molecule has 0 heterocycles. The maximum atomic E-state index is 8.85. The Morgan fingerprint density at radius 2 is 1.57 bits per heavy atom. The van der Waals surface area contributed by atoms with Crippen molar-refractivity contribution < 1.29 is 13.3 Å². The van der Waals surface area contributed by atoms with Gasteiger partial charge in [-0.1, -0.05) is 0 Å². The molecule has 4 nitrogen and oxygen atoms in total. The fourth-order valence-corrected chi connectivity index (χ4v) is 3.12. The topological polar surface area (TPSA) is 51.5 Å². The fraction of sp³-hybridized carbons (Fsp3) is 0.889. The van der Waals surface area contributed by atoms with Gasteiger partial charge in [0.05, 0.1) is 11.5 Å². The Kier molecular flexibility index (Phi) is 5.30. The molecule has 0 aromatic heterocycles. The average molecular weight is 217 g/mol. The quantitative estimate of drug-likeness (QED) is 0.637. The number of hydrogen-bond acceptors (Lipinski definition) is 4. The normalized spacial score (nSPS) is 12.6. The molecule has 0 saturated carbocycles. The molecule has 0 fully saturated rings. The van der Waals surface area contributed by atoms with Crippen LogP contribution in [0.1, 0.15) is 20.3 Å². The highest BCUT2D eigenvalue weighted by molar-refractivity contribution is 6.60. The zero-order chi connectivity index (χ0) is 11.2. The van der Waals surface area contributed by atoms with E-state index >= 15 is 0 Å². The zero-order valence-corrected chi connectivity index (χ0v) is 10.6. The van der Waals surface area contributed by atoms with Crippen LogP contribution in [0.4, 0.5) is 0 Å². The van der Waals surface area contributed by atoms with Gasteiger partial charge in [-0.15, -0.1) is 0 Å². The molecule has 5 heteroatoms. The highest BCUT2D eigenvalue weighted by Gasteiger charge is 2.39. The molecule has 0 saturated heterocycles. The highest BCUT2D eigenvalue weighted by atomic mass is 28.4. The highest BCUT2D eigenvalue weighted by Crippen LogP contribution is 2.26. The van der Waals surface area contributed by atoms with Gasteiger partial charge in [0.1, 0.15) is 0 Å². The summed E-state index contributed by atoms with van der Waals surface area (Å²) in [7, 11) is 2.25. The summed E-state index contributed by atoms with van der Waals surface area (Å²) < 4.78 is 15.8. The molecule has 0 aliphatic heterocycles. The van der Waals surface area contributed by atoms with Gasteiger partial charge in [-0.3, -0.25) is 0 Å². The average Bonchev–Trinajstić information content (AvgIpc) is 2.21. The molecule has 0 rings (SSSR count). The van der Waals surface area contributed by atoms with E-state index in [0.717, 1.165) is 0 Å². The van der Waals surface area contributed by atoms with Crippen molar-refractivity contribution in [3.63, 3.8) is 0 Å². The number of nitrogens with zero attached hydrogens (tertiary/aromatic N) is 1. The van der Waals surface area contributed by atoms with Crippen molar-refractivity contribution in [2.45, 2.75) is 26.3 Å². The molecule has 0 aromatic rings. The molecule has 0 unspecified atom stereocenters. The standard InChI is InChI=1S/C9H19NO3Si/c1-9(2,8-10)6-7-14(11-3,12-4)13-5/h6-7H2,1-5H3. The van der Waals surface area contributed by atoms with Crippen LogP contribution in [0.25, 0.3) is 0 Å². The van der Waals surface area contributed by atoms with Crippen LogP contribution < -0.4 is 0 Å². The molecule has 0 aromatic carbocycles. The van der Waals surface area contributed by atoms with Gasteiger partial charge in [-0.05, 0) is 20.3 Å². The Morgan fingerprint density at radius 3 is 1.86 bits per heavy atom. The van der Waals surface area contributed by atoms with Gasteiger partial charge in [-0.25, -0.2) is 0 Å². The summed E-state index contributed by atoms with van der Waals surface area (Å²) in [5, 5.41) is 8.85. The first-order valence-corrected chi connectivity index (χ1v) is 6.45. The van der Waals surface area contributed by atoms with E-state index in [1.807, 2.05) is 13.8 Å². The minimum Gasteiger partial charge on any atom is -0.377 e. The summed E-state index contributed by atoms with van der Waals surface area (Å²) >= 11 is 0. The number of nitriles is 1. The van der Waals surface area contributed by atoms with Crippen LogP contribution in [-0.4, -0.2) is 30.1 Å². The molecular weight excluding hydrogens is 198 g/mol. The largest absolute Gasteiger partial charge is 0.500 e. The van der Waals surface area contributed by atoms with Crippen molar-refractivity contribution in [3.05, 3.63) is 0 Å². The first-order valence-electron chi connectivity index (χ1n) is 4.52. The molecule has 0 amide bonds. The second kappa shape index (κ2) is 5.46. The Bertz CT molecular complexity index is 200. The van der Waals surface area contributed by atoms with Crippen LogP contribution in [-0.2, 0) is 13.3 Å². The molecule has 0 N–H and O–H groups in total. The fourth-order valence-electron chi connectivity index (χ4n) is 1.08. The summed E-state index contributed by atoms with van der Waals surface area (Å²) in [6.45, 7) is 3.79. The van der Waals surface area contributed by atoms with Gasteiger partial charge in [-0.2, -0.15) is 5.26 Å². The monoisotopic (exact) mass is 217 g/mol. The van der Waals surface area contributed by atoms with Crippen LogP contribution >= 0.6 is 0 Å². The maximum absolute atomic E-state index is 8.85. The minimum atomic E-state index is -2.49. The van der Waals surface area contributed by atoms with Crippen molar-refractivity contribution in [1.82, 2.24) is 0 Å². The van der Waals surface area contributed by atoms with E-state index in [9.17, 15) is 0 Å². The Labute approximate surface area is 87.1 Å². The summed E-state index contributed by atoms with van der Waals surface area (Å²) in [5.74, 6) is 0. The van der Waals surface area contributed by atoms with Crippen molar-refractivity contribution in [2.24, 2.45) is 5.41 Å². The molecular formula is C9H19NO3Si. The van der Waals surface area contributed by atoms with Gasteiger partial charge in [0.2, 0.25) is 0 Å². The smallest absolute Gasteiger partial charge is 0.377 e. The van der Waals surface area contributed by atoms with Crippen molar-refractivity contribution in [2.75, 3.05) is 21.3 Å². The summed E-state index contributed by atoms with van der Waals surface area (Å²) in [4.78, 5) is 0. The maximum Gasteiger partial charge on any atom is 0.500 e. The molecule has 82 valence electrons. The lowest BCUT2D eigenvalue weighted by atomic mass is 9.93. The molecule has 0 radical (unpaired) electrons. The number of rotatable bonds is 6. The lowest BCUT2D eigenvalue weighted by Crippen LogP contribution is -2.43. The van der Waals surface area contributed by atoms with Crippen LogP contribution in [0, 0.1) is 16.7 Å². The van der Waals surface area contributed by atoms with Gasteiger partial charge in [0, 0.05) is 27.4 Å². The second-order valence-electron chi connectivity index (χ2n) is 3.79. The zero-order valence-electron chi connectivity index (χ0n) is 9.59. The van der Waals surface area contributed by atoms with E-state index in [1.165, 1.54) is 0 Å². The minimum absolute atomic E-state index is 0.353. The summed E-state index contributed by atoms with van der Waals surface area (Å²) in [6.07, 6.45) is 0.714. The Balaban J connectivity index is 4.28. The Morgan fingerprint density at radius 1 is 1.14 bits per heavy atom. The van der Waals surface area contributed by atoms with Crippen LogP contribution in [0.15, 0.2) is 0 Å². The van der Waals surface area contributed by atoms with E-state index in [1.54, 1.807) is 21.3 Å².